The first-order valence-electron chi connectivity index (χ1n) is 11.3. The van der Waals surface area contributed by atoms with E-state index in [2.05, 4.69) is 16.0 Å². The van der Waals surface area contributed by atoms with Crippen molar-refractivity contribution in [1.82, 2.24) is 16.0 Å². The van der Waals surface area contributed by atoms with Crippen LogP contribution in [0, 0.1) is 5.92 Å². The van der Waals surface area contributed by atoms with Crippen molar-refractivity contribution < 1.29 is 24.2 Å². The first kappa shape index (κ1) is 26.8. The number of rotatable bonds is 13. The third-order valence-electron chi connectivity index (χ3n) is 4.96. The maximum atomic E-state index is 12.7. The van der Waals surface area contributed by atoms with Crippen molar-refractivity contribution in [2.24, 2.45) is 11.7 Å². The van der Waals surface area contributed by atoms with E-state index in [-0.39, 0.29) is 18.9 Å². The predicted molar refractivity (Wildman–Crippen MR) is 129 cm³/mol. The van der Waals surface area contributed by atoms with E-state index in [0.717, 1.165) is 11.1 Å². The van der Waals surface area contributed by atoms with Crippen molar-refractivity contribution in [3.8, 4) is 0 Å². The molecule has 0 saturated heterocycles. The quantitative estimate of drug-likeness (QED) is 0.284. The second-order valence-corrected chi connectivity index (χ2v) is 8.50. The van der Waals surface area contributed by atoms with Crippen molar-refractivity contribution in [1.29, 1.82) is 0 Å². The predicted octanol–water partition coefficient (Wildman–Crippen LogP) is 2.01. The normalized spacial score (nSPS) is 13.5. The molecule has 184 valence electrons. The zero-order chi connectivity index (χ0) is 24.9. The number of benzene rings is 2. The summed E-state index contributed by atoms with van der Waals surface area (Å²) >= 11 is 0. The number of nitrogens with one attached hydrogen (secondary N) is 3. The fourth-order valence-corrected chi connectivity index (χ4v) is 3.27. The molecule has 0 aliphatic heterocycles. The van der Waals surface area contributed by atoms with Gasteiger partial charge in [-0.15, -0.1) is 0 Å². The molecule has 0 saturated carbocycles. The molecular formula is C25H34N4O5. The molecule has 2 aromatic carbocycles. The van der Waals surface area contributed by atoms with Crippen molar-refractivity contribution >= 4 is 17.9 Å². The van der Waals surface area contributed by atoms with E-state index >= 15 is 0 Å². The van der Waals surface area contributed by atoms with Crippen LogP contribution in [0.3, 0.4) is 0 Å². The average Bonchev–Trinajstić information content (AvgIpc) is 2.79. The zero-order valence-electron chi connectivity index (χ0n) is 19.6. The topological polar surface area (TPSA) is 143 Å². The van der Waals surface area contributed by atoms with Gasteiger partial charge in [-0.1, -0.05) is 74.5 Å². The fourth-order valence-electron chi connectivity index (χ4n) is 3.27. The Bertz CT molecular complexity index is 908. The van der Waals surface area contributed by atoms with Gasteiger partial charge in [0, 0.05) is 6.42 Å². The first-order valence-corrected chi connectivity index (χ1v) is 11.3. The second kappa shape index (κ2) is 14.0. The molecule has 0 heterocycles. The van der Waals surface area contributed by atoms with Crippen LogP contribution in [0.2, 0.25) is 0 Å². The number of aliphatic carboxylic acids is 1. The zero-order valence-corrected chi connectivity index (χ0v) is 19.6. The molecule has 0 fully saturated rings. The van der Waals surface area contributed by atoms with E-state index in [1.807, 2.05) is 74.5 Å². The highest BCUT2D eigenvalue weighted by molar-refractivity contribution is 5.84. The van der Waals surface area contributed by atoms with Gasteiger partial charge in [-0.3, -0.25) is 4.79 Å². The smallest absolute Gasteiger partial charge is 0.326 e. The van der Waals surface area contributed by atoms with Gasteiger partial charge in [-0.05, 0) is 23.5 Å². The lowest BCUT2D eigenvalue weighted by Gasteiger charge is -2.24. The molecule has 0 radical (unpaired) electrons. The summed E-state index contributed by atoms with van der Waals surface area (Å²) in [4.78, 5) is 36.7. The number of nitrogens with two attached hydrogens (primary N) is 1. The van der Waals surface area contributed by atoms with Gasteiger partial charge in [-0.25, -0.2) is 9.59 Å². The minimum Gasteiger partial charge on any atom is -0.480 e. The monoisotopic (exact) mass is 470 g/mol. The van der Waals surface area contributed by atoms with E-state index in [9.17, 15) is 19.5 Å². The van der Waals surface area contributed by atoms with Gasteiger partial charge in [-0.2, -0.15) is 0 Å². The molecule has 0 aliphatic rings. The van der Waals surface area contributed by atoms with Gasteiger partial charge in [0.05, 0.1) is 13.2 Å². The minimum atomic E-state index is -1.12. The summed E-state index contributed by atoms with van der Waals surface area (Å²) in [5, 5.41) is 17.2. The summed E-state index contributed by atoms with van der Waals surface area (Å²) in [5.74, 6) is -1.54. The lowest BCUT2D eigenvalue weighted by molar-refractivity contribution is -0.139. The third-order valence-corrected chi connectivity index (χ3v) is 4.96. The molecule has 2 aromatic rings. The SMILES string of the molecule is CC(C)C[C@H](NC(=O)N[C@@H](Cc1ccccc1)NC(=O)[C@@H](N)COCc1ccccc1)C(=O)O. The third kappa shape index (κ3) is 10.0. The van der Waals surface area contributed by atoms with Gasteiger partial charge in [0.1, 0.15) is 18.2 Å². The number of carboxylic acids is 1. The number of carbonyl (C=O) groups is 3. The Morgan fingerprint density at radius 2 is 1.50 bits per heavy atom. The Hall–Kier alpha value is -3.43. The lowest BCUT2D eigenvalue weighted by Crippen LogP contribution is -2.57. The minimum absolute atomic E-state index is 0.000454. The summed E-state index contributed by atoms with van der Waals surface area (Å²) < 4.78 is 5.55. The summed E-state index contributed by atoms with van der Waals surface area (Å²) in [6.07, 6.45) is -0.231. The maximum absolute atomic E-state index is 12.7. The van der Waals surface area contributed by atoms with Crippen LogP contribution < -0.4 is 21.7 Å². The lowest BCUT2D eigenvalue weighted by atomic mass is 10.0. The molecule has 3 amide bonds. The first-order chi connectivity index (χ1) is 16.2. The molecule has 0 aromatic heterocycles. The van der Waals surface area contributed by atoms with Crippen LogP contribution in [0.5, 0.6) is 0 Å². The van der Waals surface area contributed by atoms with Gasteiger partial charge in [0.15, 0.2) is 0 Å². The molecule has 6 N–H and O–H groups in total. The van der Waals surface area contributed by atoms with Gasteiger partial charge in [0.25, 0.3) is 0 Å². The summed E-state index contributed by atoms with van der Waals surface area (Å²) in [6.45, 7) is 4.06. The van der Waals surface area contributed by atoms with Crippen LogP contribution in [0.4, 0.5) is 4.79 Å². The molecule has 2 rings (SSSR count). The van der Waals surface area contributed by atoms with Gasteiger partial charge < -0.3 is 31.5 Å². The van der Waals surface area contributed by atoms with Crippen molar-refractivity contribution in [2.75, 3.05) is 6.61 Å². The largest absolute Gasteiger partial charge is 0.480 e. The van der Waals surface area contributed by atoms with E-state index in [0.29, 0.717) is 13.0 Å². The molecule has 9 heteroatoms. The Balaban J connectivity index is 1.96. The molecular weight excluding hydrogens is 436 g/mol. The number of hydrogen-bond acceptors (Lipinski definition) is 5. The Kier molecular flexibility index (Phi) is 11.0. The van der Waals surface area contributed by atoms with E-state index < -0.39 is 36.2 Å². The maximum Gasteiger partial charge on any atom is 0.326 e. The average molecular weight is 471 g/mol. The van der Waals surface area contributed by atoms with Gasteiger partial charge >= 0.3 is 12.0 Å². The highest BCUT2D eigenvalue weighted by Crippen LogP contribution is 2.06. The standard InChI is InChI=1S/C25H34N4O5/c1-17(2)13-21(24(31)32)27-25(33)29-22(14-18-9-5-3-6-10-18)28-23(30)20(26)16-34-15-19-11-7-4-8-12-19/h3-12,17,20-22H,13-16,26H2,1-2H3,(H,28,30)(H,31,32)(H2,27,29,33)/t20-,21-,22-/m0/s1. The Labute approximate surface area is 200 Å². The highest BCUT2D eigenvalue weighted by Gasteiger charge is 2.24. The second-order valence-electron chi connectivity index (χ2n) is 8.50. The summed E-state index contributed by atoms with van der Waals surface area (Å²) in [7, 11) is 0. The molecule has 34 heavy (non-hydrogen) atoms. The molecule has 9 nitrogen and oxygen atoms in total. The summed E-state index contributed by atoms with van der Waals surface area (Å²) in [6, 6.07) is 16.1. The highest BCUT2D eigenvalue weighted by atomic mass is 16.5. The number of carboxylic acid groups (broad SMARTS) is 1. The van der Waals surface area contributed by atoms with Gasteiger partial charge in [0.2, 0.25) is 5.91 Å². The Morgan fingerprint density at radius 1 is 0.912 bits per heavy atom. The summed E-state index contributed by atoms with van der Waals surface area (Å²) in [5.41, 5.74) is 7.82. The number of hydrogen-bond donors (Lipinski definition) is 5. The van der Waals surface area contributed by atoms with Crippen molar-refractivity contribution in [3.63, 3.8) is 0 Å². The molecule has 3 atom stereocenters. The molecule has 0 bridgehead atoms. The van der Waals surface area contributed by atoms with Crippen LogP contribution in [0.1, 0.15) is 31.4 Å². The van der Waals surface area contributed by atoms with Crippen LogP contribution in [-0.4, -0.2) is 47.9 Å². The molecule has 0 spiro atoms. The number of ether oxygens (including phenoxy) is 1. The van der Waals surface area contributed by atoms with Crippen molar-refractivity contribution in [3.05, 3.63) is 71.8 Å². The molecule has 0 unspecified atom stereocenters. The van der Waals surface area contributed by atoms with Crippen molar-refractivity contribution in [2.45, 2.75) is 51.5 Å². The van der Waals surface area contributed by atoms with Crippen LogP contribution >= 0.6 is 0 Å². The fraction of sp³-hybridized carbons (Fsp3) is 0.400. The van der Waals surface area contributed by atoms with Crippen LogP contribution in [-0.2, 0) is 27.4 Å². The number of urea groups is 1. The van der Waals surface area contributed by atoms with Crippen LogP contribution in [0.25, 0.3) is 0 Å². The van der Waals surface area contributed by atoms with E-state index in [1.165, 1.54) is 0 Å². The van der Waals surface area contributed by atoms with Crippen LogP contribution in [0.15, 0.2) is 60.7 Å². The molecule has 0 aliphatic carbocycles. The number of amides is 3. The number of carbonyl (C=O) groups excluding carboxylic acids is 2. The van der Waals surface area contributed by atoms with E-state index in [1.54, 1.807) is 0 Å². The van der Waals surface area contributed by atoms with E-state index in [4.69, 9.17) is 10.5 Å². The Morgan fingerprint density at radius 3 is 2.06 bits per heavy atom.